The lowest BCUT2D eigenvalue weighted by Crippen LogP contribution is -2.24. The van der Waals surface area contributed by atoms with E-state index in [2.05, 4.69) is 71.1 Å². The molecule has 184 valence electrons. The van der Waals surface area contributed by atoms with Crippen molar-refractivity contribution in [1.29, 1.82) is 0 Å². The molecule has 3 nitrogen and oxygen atoms in total. The molecule has 0 bridgehead atoms. The Bertz CT molecular complexity index is 2210. The molecule has 6 aromatic carbocycles. The van der Waals surface area contributed by atoms with Crippen LogP contribution in [0, 0.1) is 0 Å². The zero-order chi connectivity index (χ0) is 26.0. The molecule has 39 heavy (non-hydrogen) atoms. The molecule has 0 aliphatic carbocycles. The Morgan fingerprint density at radius 1 is 0.487 bits per heavy atom. The molecule has 0 radical (unpaired) electrons. The van der Waals surface area contributed by atoms with E-state index in [1.54, 1.807) is 0 Å². The Morgan fingerprint density at radius 3 is 1.85 bits per heavy atom. The van der Waals surface area contributed by atoms with E-state index >= 15 is 0 Å². The molecule has 2 aromatic heterocycles. The van der Waals surface area contributed by atoms with E-state index in [9.17, 15) is 4.57 Å². The van der Waals surface area contributed by atoms with Crippen molar-refractivity contribution in [2.45, 2.75) is 0 Å². The highest BCUT2D eigenvalue weighted by Crippen LogP contribution is 2.43. The average molecular weight is 519 g/mol. The summed E-state index contributed by atoms with van der Waals surface area (Å²) in [6.45, 7) is 0. The van der Waals surface area contributed by atoms with Gasteiger partial charge in [-0.25, -0.2) is 4.98 Å². The van der Waals surface area contributed by atoms with E-state index < -0.39 is 7.14 Å². The molecule has 0 saturated heterocycles. The van der Waals surface area contributed by atoms with Crippen molar-refractivity contribution in [3.63, 3.8) is 0 Å². The van der Waals surface area contributed by atoms with Gasteiger partial charge in [-0.05, 0) is 52.6 Å². The number of pyridine rings is 1. The van der Waals surface area contributed by atoms with Gasteiger partial charge in [0.05, 0.1) is 16.6 Å². The lowest BCUT2D eigenvalue weighted by atomic mass is 10.0. The van der Waals surface area contributed by atoms with Crippen molar-refractivity contribution in [3.8, 4) is 0 Å². The normalized spacial score (nSPS) is 12.2. The van der Waals surface area contributed by atoms with Crippen molar-refractivity contribution in [2.24, 2.45) is 0 Å². The van der Waals surface area contributed by atoms with Gasteiger partial charge in [0.2, 0.25) is 0 Å². The minimum Gasteiger partial charge on any atom is -0.309 e. The number of nitrogens with zero attached hydrogens (tertiary/aromatic N) is 2. The minimum absolute atomic E-state index is 0.837. The Morgan fingerprint density at radius 2 is 1.10 bits per heavy atom. The fourth-order valence-corrected chi connectivity index (χ4v) is 8.64. The van der Waals surface area contributed by atoms with E-state index in [1.807, 2.05) is 72.8 Å². The van der Waals surface area contributed by atoms with Crippen LogP contribution in [0.3, 0.4) is 0 Å². The first-order chi connectivity index (χ1) is 19.2. The summed E-state index contributed by atoms with van der Waals surface area (Å²) < 4.78 is 17.3. The average Bonchev–Trinajstić information content (AvgIpc) is 3.41. The monoisotopic (exact) mass is 518 g/mol. The van der Waals surface area contributed by atoms with Crippen LogP contribution < -0.4 is 15.9 Å². The first-order valence-electron chi connectivity index (χ1n) is 13.1. The van der Waals surface area contributed by atoms with E-state index in [0.717, 1.165) is 59.7 Å². The summed E-state index contributed by atoms with van der Waals surface area (Å²) in [4.78, 5) is 5.05. The second-order valence-electron chi connectivity index (χ2n) is 9.99. The van der Waals surface area contributed by atoms with Crippen LogP contribution in [-0.4, -0.2) is 9.38 Å². The molecule has 8 rings (SSSR count). The van der Waals surface area contributed by atoms with Crippen LogP contribution in [-0.2, 0) is 4.57 Å². The number of rotatable bonds is 3. The van der Waals surface area contributed by atoms with Gasteiger partial charge < -0.3 is 4.57 Å². The van der Waals surface area contributed by atoms with Crippen LogP contribution in [0.4, 0.5) is 0 Å². The Hall–Kier alpha value is -4.72. The molecular formula is C35H23N2OP. The van der Waals surface area contributed by atoms with E-state index in [4.69, 9.17) is 4.98 Å². The molecule has 0 spiro atoms. The van der Waals surface area contributed by atoms with E-state index in [0.29, 0.717) is 0 Å². The molecular weight excluding hydrogens is 495 g/mol. The van der Waals surface area contributed by atoms with Crippen LogP contribution in [0.25, 0.3) is 49.1 Å². The van der Waals surface area contributed by atoms with Crippen molar-refractivity contribution in [1.82, 2.24) is 9.38 Å². The number of imidazole rings is 1. The summed E-state index contributed by atoms with van der Waals surface area (Å²) in [5.74, 6) is 0. The highest BCUT2D eigenvalue weighted by molar-refractivity contribution is 7.85. The maximum absolute atomic E-state index is 15.0. The Labute approximate surface area is 225 Å². The van der Waals surface area contributed by atoms with Crippen LogP contribution in [0.1, 0.15) is 0 Å². The largest absolute Gasteiger partial charge is 0.309 e. The molecule has 0 aliphatic heterocycles. The molecule has 0 aliphatic rings. The second-order valence-corrected chi connectivity index (χ2v) is 12.8. The Balaban J connectivity index is 1.46. The van der Waals surface area contributed by atoms with Gasteiger partial charge in [0.25, 0.3) is 0 Å². The lowest BCUT2D eigenvalue weighted by Gasteiger charge is -2.20. The smallest absolute Gasteiger partial charge is 0.171 e. The highest BCUT2D eigenvalue weighted by atomic mass is 31.2. The fourth-order valence-electron chi connectivity index (χ4n) is 5.96. The van der Waals surface area contributed by atoms with Crippen molar-refractivity contribution in [2.75, 3.05) is 0 Å². The standard InChI is InChI=1S/C35H23N2OP/c38-39(26-11-3-1-4-12-26,27-13-5-2-6-14-27)28-20-19-24-22-31-30(23-25(24)21-28)29-15-7-9-17-33(29)37-34-18-10-8-16-32(34)36-35(31)37/h1-23H. The van der Waals surface area contributed by atoms with Crippen LogP contribution >= 0.6 is 7.14 Å². The quantitative estimate of drug-likeness (QED) is 0.137. The number of para-hydroxylation sites is 3. The maximum atomic E-state index is 15.0. The van der Waals surface area contributed by atoms with E-state index in [-0.39, 0.29) is 0 Å². The van der Waals surface area contributed by atoms with Crippen LogP contribution in [0.15, 0.2) is 140 Å². The van der Waals surface area contributed by atoms with Crippen molar-refractivity contribution < 1.29 is 4.57 Å². The van der Waals surface area contributed by atoms with Crippen molar-refractivity contribution >= 4 is 72.2 Å². The predicted molar refractivity (Wildman–Crippen MR) is 165 cm³/mol. The number of hydrogen-bond donors (Lipinski definition) is 0. The molecule has 0 amide bonds. The topological polar surface area (TPSA) is 34.4 Å². The predicted octanol–water partition coefficient (Wildman–Crippen LogP) is 7.59. The molecule has 0 fully saturated rings. The van der Waals surface area contributed by atoms with Crippen LogP contribution in [0.2, 0.25) is 0 Å². The van der Waals surface area contributed by atoms with Gasteiger partial charge in [-0.15, -0.1) is 0 Å². The van der Waals surface area contributed by atoms with Gasteiger partial charge in [-0.2, -0.15) is 0 Å². The summed E-state index contributed by atoms with van der Waals surface area (Å²) in [5, 5.41) is 8.11. The molecule has 0 saturated carbocycles. The second kappa shape index (κ2) is 8.39. The number of fused-ring (bicyclic) bond motifs is 9. The lowest BCUT2D eigenvalue weighted by molar-refractivity contribution is 0.592. The summed E-state index contributed by atoms with van der Waals surface area (Å²) in [7, 11) is -3.06. The first kappa shape index (κ1) is 22.3. The number of hydrogen-bond acceptors (Lipinski definition) is 2. The SMILES string of the molecule is O=P(c1ccccc1)(c1ccccc1)c1ccc2cc3c(cc2c1)c1ccccc1n1c2ccccc2nc31. The zero-order valence-electron chi connectivity index (χ0n) is 21.0. The van der Waals surface area contributed by atoms with Gasteiger partial charge >= 0.3 is 0 Å². The first-order valence-corrected chi connectivity index (χ1v) is 14.8. The maximum Gasteiger partial charge on any atom is 0.171 e. The molecule has 0 N–H and O–H groups in total. The van der Waals surface area contributed by atoms with Gasteiger partial charge in [-0.1, -0.05) is 103 Å². The minimum atomic E-state index is -3.06. The third-order valence-electron chi connectivity index (χ3n) is 7.80. The summed E-state index contributed by atoms with van der Waals surface area (Å²) >= 11 is 0. The molecule has 0 unspecified atom stereocenters. The molecule has 2 heterocycles. The van der Waals surface area contributed by atoms with Gasteiger partial charge in [0, 0.05) is 26.7 Å². The van der Waals surface area contributed by atoms with Gasteiger partial charge in [0.15, 0.2) is 7.14 Å². The summed E-state index contributed by atoms with van der Waals surface area (Å²) in [6, 6.07) is 47.3. The zero-order valence-corrected chi connectivity index (χ0v) is 21.9. The third kappa shape index (κ3) is 3.24. The summed E-state index contributed by atoms with van der Waals surface area (Å²) in [5.41, 5.74) is 4.17. The number of benzene rings is 6. The number of aromatic nitrogens is 2. The van der Waals surface area contributed by atoms with Gasteiger partial charge in [-0.3, -0.25) is 4.40 Å². The highest BCUT2D eigenvalue weighted by Gasteiger charge is 2.29. The summed E-state index contributed by atoms with van der Waals surface area (Å²) in [6.07, 6.45) is 0. The Kier molecular flexibility index (Phi) is 4.79. The van der Waals surface area contributed by atoms with Crippen LogP contribution in [0.5, 0.6) is 0 Å². The van der Waals surface area contributed by atoms with E-state index in [1.165, 1.54) is 5.39 Å². The molecule has 8 aromatic rings. The fraction of sp³-hybridized carbons (Fsp3) is 0. The molecule has 0 atom stereocenters. The van der Waals surface area contributed by atoms with Gasteiger partial charge in [0.1, 0.15) is 5.65 Å². The third-order valence-corrected chi connectivity index (χ3v) is 10.9. The van der Waals surface area contributed by atoms with Crippen molar-refractivity contribution in [3.05, 3.63) is 140 Å². The molecule has 4 heteroatoms.